The van der Waals surface area contributed by atoms with Crippen molar-refractivity contribution in [1.82, 2.24) is 9.97 Å². The van der Waals surface area contributed by atoms with Crippen LogP contribution in [0, 0.1) is 40.8 Å². The molecule has 65 heavy (non-hydrogen) atoms. The Balaban J connectivity index is 0.000000636. The van der Waals surface area contributed by atoms with E-state index in [-0.39, 0.29) is 68.6 Å². The Morgan fingerprint density at radius 3 is 1.66 bits per heavy atom. The molecule has 4 aromatic carbocycles. The second-order valence-electron chi connectivity index (χ2n) is 21.3. The third-order valence-electron chi connectivity index (χ3n) is 11.8. The largest absolute Gasteiger partial charge is 3.00 e. The second-order valence-corrected chi connectivity index (χ2v) is 21.3. The van der Waals surface area contributed by atoms with Gasteiger partial charge in [-0.05, 0) is 105 Å². The Morgan fingerprint density at radius 2 is 1.12 bits per heavy atom. The Bertz CT molecular complexity index is 2540. The maximum absolute atomic E-state index is 14.6. The SMILES string of the molecule is C1CCOC1.C1CCOC1.CC(C)(C)c1cc(C=Nc2cccc3ccc([C@@H]([N-]c4cccc5cccnc45)c4cc(C(C)(C)C)cc(C(C)(C)C)c4[O-])nc23)c([O-])c(C(C)(C)C)c1.[Nd+3]. The second kappa shape index (κ2) is 21.8. The van der Waals surface area contributed by atoms with E-state index in [2.05, 4.69) is 94.1 Å². The summed E-state index contributed by atoms with van der Waals surface area (Å²) in [6, 6.07) is 27.0. The smallest absolute Gasteiger partial charge is 0.872 e. The van der Waals surface area contributed by atoms with E-state index < -0.39 is 11.5 Å². The van der Waals surface area contributed by atoms with E-state index in [9.17, 15) is 10.2 Å². The first-order valence-electron chi connectivity index (χ1n) is 23.0. The van der Waals surface area contributed by atoms with Crippen LogP contribution in [0.3, 0.4) is 0 Å². The van der Waals surface area contributed by atoms with Crippen LogP contribution in [0.25, 0.3) is 27.1 Å². The van der Waals surface area contributed by atoms with E-state index in [0.29, 0.717) is 33.7 Å². The number of hydrogen-bond donors (Lipinski definition) is 0. The molecular formula is C56H69N4NdO4. The van der Waals surface area contributed by atoms with Crippen molar-refractivity contribution in [2.45, 2.75) is 136 Å². The molecule has 8 nitrogen and oxygen atoms in total. The molecule has 0 unspecified atom stereocenters. The summed E-state index contributed by atoms with van der Waals surface area (Å²) in [5.41, 5.74) is 7.02. The Labute approximate surface area is 421 Å². The summed E-state index contributed by atoms with van der Waals surface area (Å²) < 4.78 is 9.89. The van der Waals surface area contributed by atoms with Crippen molar-refractivity contribution in [2.24, 2.45) is 4.99 Å². The number of fused-ring (bicyclic) bond motifs is 2. The van der Waals surface area contributed by atoms with Crippen LogP contribution in [-0.4, -0.2) is 42.6 Å². The van der Waals surface area contributed by atoms with Gasteiger partial charge >= 0.3 is 40.8 Å². The fourth-order valence-corrected chi connectivity index (χ4v) is 7.77. The zero-order valence-corrected chi connectivity index (χ0v) is 44.1. The molecule has 1 radical (unpaired) electrons. The van der Waals surface area contributed by atoms with Crippen molar-refractivity contribution >= 4 is 39.4 Å². The maximum atomic E-state index is 14.6. The number of rotatable bonds is 6. The number of ether oxygens (including phenoxy) is 2. The number of pyridine rings is 2. The fourth-order valence-electron chi connectivity index (χ4n) is 7.77. The number of nitrogens with zero attached hydrogens (tertiary/aromatic N) is 4. The summed E-state index contributed by atoms with van der Waals surface area (Å²) >= 11 is 0. The van der Waals surface area contributed by atoms with Gasteiger partial charge in [0, 0.05) is 49.9 Å². The summed E-state index contributed by atoms with van der Waals surface area (Å²) in [7, 11) is 0. The molecule has 2 aliphatic heterocycles. The van der Waals surface area contributed by atoms with Gasteiger partial charge in [0.2, 0.25) is 0 Å². The Morgan fingerprint density at radius 1 is 0.600 bits per heavy atom. The third-order valence-corrected chi connectivity index (χ3v) is 11.8. The molecule has 9 heteroatoms. The number of benzene rings is 4. The van der Waals surface area contributed by atoms with Gasteiger partial charge in [-0.1, -0.05) is 161 Å². The van der Waals surface area contributed by atoms with E-state index in [4.69, 9.17) is 24.8 Å². The molecule has 2 aromatic heterocycles. The number of para-hydroxylation sites is 2. The van der Waals surface area contributed by atoms with Gasteiger partial charge in [0.1, 0.15) is 0 Å². The summed E-state index contributed by atoms with van der Waals surface area (Å²) in [5.74, 6) is -0.0611. The first-order chi connectivity index (χ1) is 30.1. The van der Waals surface area contributed by atoms with Gasteiger partial charge in [-0.2, -0.15) is 0 Å². The van der Waals surface area contributed by atoms with E-state index in [1.54, 1.807) is 12.4 Å². The topological polar surface area (TPSA) is 117 Å². The van der Waals surface area contributed by atoms with E-state index in [1.807, 2.05) is 78.9 Å². The molecule has 4 heterocycles. The molecule has 2 saturated heterocycles. The van der Waals surface area contributed by atoms with Gasteiger partial charge in [0.15, 0.2) is 0 Å². The molecule has 0 N–H and O–H groups in total. The van der Waals surface area contributed by atoms with Crippen LogP contribution >= 0.6 is 0 Å². The van der Waals surface area contributed by atoms with Gasteiger partial charge in [-0.3, -0.25) is 15.0 Å². The summed E-state index contributed by atoms with van der Waals surface area (Å²) in [4.78, 5) is 14.9. The van der Waals surface area contributed by atoms with Crippen molar-refractivity contribution in [2.75, 3.05) is 26.4 Å². The monoisotopic (exact) mass is 1000 g/mol. The molecule has 0 saturated carbocycles. The first kappa shape index (κ1) is 52.0. The predicted molar refractivity (Wildman–Crippen MR) is 262 cm³/mol. The zero-order valence-electron chi connectivity index (χ0n) is 40.9. The van der Waals surface area contributed by atoms with E-state index in [1.165, 1.54) is 25.7 Å². The summed E-state index contributed by atoms with van der Waals surface area (Å²) in [6.45, 7) is 29.4. The molecule has 2 aliphatic rings. The van der Waals surface area contributed by atoms with Crippen LogP contribution in [0.15, 0.2) is 96.1 Å². The Kier molecular flexibility index (Phi) is 17.4. The van der Waals surface area contributed by atoms with Crippen LogP contribution in [0.5, 0.6) is 11.5 Å². The molecule has 2 fully saturated rings. The zero-order chi connectivity index (χ0) is 46.5. The molecule has 0 bridgehead atoms. The van der Waals surface area contributed by atoms with Gasteiger partial charge in [0.05, 0.1) is 16.7 Å². The van der Waals surface area contributed by atoms with E-state index >= 15 is 0 Å². The maximum Gasteiger partial charge on any atom is 3.00 e. The Hall–Kier alpha value is -3.96. The van der Waals surface area contributed by atoms with Gasteiger partial charge in [-0.25, -0.2) is 0 Å². The van der Waals surface area contributed by atoms with Crippen LogP contribution in [0.1, 0.15) is 154 Å². The average Bonchev–Trinajstić information content (AvgIpc) is 4.02. The van der Waals surface area contributed by atoms with Crippen LogP contribution in [0.2, 0.25) is 0 Å². The molecular weight excluding hydrogens is 937 g/mol. The van der Waals surface area contributed by atoms with Crippen molar-refractivity contribution in [3.05, 3.63) is 136 Å². The minimum atomic E-state index is -0.735. The summed E-state index contributed by atoms with van der Waals surface area (Å²) in [5, 5.41) is 35.6. The molecule has 8 rings (SSSR count). The quantitative estimate of drug-likeness (QED) is 0.153. The molecule has 341 valence electrons. The predicted octanol–water partition coefficient (Wildman–Crippen LogP) is 13.3. The van der Waals surface area contributed by atoms with Crippen molar-refractivity contribution in [3.63, 3.8) is 0 Å². The van der Waals surface area contributed by atoms with Crippen molar-refractivity contribution in [3.8, 4) is 11.5 Å². The minimum Gasteiger partial charge on any atom is -0.872 e. The third kappa shape index (κ3) is 13.4. The molecule has 1 atom stereocenters. The molecule has 6 aromatic rings. The summed E-state index contributed by atoms with van der Waals surface area (Å²) in [6.07, 6.45) is 8.55. The standard InChI is InChI=1S/C48H55N4O2.2C4H8O.Nd/c1-45(2,3)32-24-31(43(53)35(26-32)47(7,8)9)28-50-37-19-13-17-30-21-22-39(51-41(30)37)42(52-38-20-14-16-29-18-15-23-49-40(29)38)34-25-33(46(4,5)6)27-36(44(34)54)48(10,11)12;2*1-2-4-5-3-1;/h13-28,42,54H,1-12H3,(H,50,53);2*1-4H2;/q-1;;;+3/p-2/t42-;;;/m0.../s1. The van der Waals surface area contributed by atoms with Crippen LogP contribution in [-0.2, 0) is 31.1 Å². The van der Waals surface area contributed by atoms with E-state index in [0.717, 1.165) is 65.0 Å². The number of hydrogen-bond acceptors (Lipinski definition) is 7. The van der Waals surface area contributed by atoms with Crippen LogP contribution < -0.4 is 10.2 Å². The molecule has 0 aliphatic carbocycles. The fraction of sp³-hybridized carbons (Fsp3) is 0.446. The molecule has 0 spiro atoms. The number of aromatic nitrogens is 2. The van der Waals surface area contributed by atoms with Gasteiger partial charge in [-0.15, -0.1) is 11.4 Å². The first-order valence-corrected chi connectivity index (χ1v) is 23.0. The minimum absolute atomic E-state index is 0. The van der Waals surface area contributed by atoms with Gasteiger partial charge in [0.25, 0.3) is 0 Å². The molecule has 0 amide bonds. The average molecular weight is 1010 g/mol. The van der Waals surface area contributed by atoms with Crippen LogP contribution in [0.4, 0.5) is 11.4 Å². The van der Waals surface area contributed by atoms with Crippen molar-refractivity contribution in [1.29, 1.82) is 0 Å². The van der Waals surface area contributed by atoms with Crippen molar-refractivity contribution < 1.29 is 60.5 Å². The van der Waals surface area contributed by atoms with Gasteiger partial charge < -0.3 is 25.0 Å². The number of aliphatic imine (C=N–C) groups is 1. The normalized spacial score (nSPS) is 15.0.